The van der Waals surface area contributed by atoms with Gasteiger partial charge in [0.05, 0.1) is 0 Å². The van der Waals surface area contributed by atoms with Crippen LogP contribution in [0.3, 0.4) is 0 Å². The van der Waals surface area contributed by atoms with E-state index in [1.165, 1.54) is 13.0 Å². The number of hydrogen-bond donors (Lipinski definition) is 1. The van der Waals surface area contributed by atoms with E-state index in [1.807, 2.05) is 18.2 Å². The van der Waals surface area contributed by atoms with Gasteiger partial charge >= 0.3 is 5.97 Å². The molecule has 1 N–H and O–H groups in total. The minimum absolute atomic E-state index is 0.0390. The molecule has 1 amide bonds. The summed E-state index contributed by atoms with van der Waals surface area (Å²) in [6.45, 7) is 1.32. The van der Waals surface area contributed by atoms with E-state index in [-0.39, 0.29) is 17.4 Å². The number of Topliss-reactive ketones (excluding diaryl/α,β-unsaturated/α-hetero) is 1. The van der Waals surface area contributed by atoms with E-state index in [0.29, 0.717) is 12.8 Å². The topological polar surface area (TPSA) is 72.5 Å². The number of benzene rings is 1. The van der Waals surface area contributed by atoms with Crippen molar-refractivity contribution < 1.29 is 19.1 Å². The first-order valence-corrected chi connectivity index (χ1v) is 7.34. The molecule has 0 spiro atoms. The molecule has 5 nitrogen and oxygen atoms in total. The Morgan fingerprint density at radius 3 is 2.59 bits per heavy atom. The Hall–Kier alpha value is -2.43. The predicted octanol–water partition coefficient (Wildman–Crippen LogP) is 2.22. The fourth-order valence-electron chi connectivity index (χ4n) is 2.32. The van der Waals surface area contributed by atoms with Crippen molar-refractivity contribution in [2.24, 2.45) is 0 Å². The van der Waals surface area contributed by atoms with Crippen molar-refractivity contribution in [2.75, 3.05) is 0 Å². The van der Waals surface area contributed by atoms with Crippen molar-refractivity contribution in [2.45, 2.75) is 38.7 Å². The number of esters is 1. The molecule has 1 aromatic carbocycles. The molecule has 0 aliphatic heterocycles. The number of ether oxygens (including phenoxy) is 1. The Morgan fingerprint density at radius 2 is 1.95 bits per heavy atom. The van der Waals surface area contributed by atoms with Gasteiger partial charge in [0.1, 0.15) is 5.70 Å². The first-order chi connectivity index (χ1) is 10.6. The van der Waals surface area contributed by atoms with Gasteiger partial charge in [0.15, 0.2) is 11.9 Å². The molecule has 0 unspecified atom stereocenters. The Bertz CT molecular complexity index is 592. The molecule has 0 saturated heterocycles. The van der Waals surface area contributed by atoms with Crippen molar-refractivity contribution in [1.29, 1.82) is 0 Å². The van der Waals surface area contributed by atoms with Crippen molar-refractivity contribution in [1.82, 2.24) is 5.32 Å². The summed E-state index contributed by atoms with van der Waals surface area (Å²) < 4.78 is 5.27. The molecule has 0 radical (unpaired) electrons. The number of carbonyl (C=O) groups is 3. The van der Waals surface area contributed by atoms with Crippen LogP contribution in [0.1, 0.15) is 38.2 Å². The van der Waals surface area contributed by atoms with Gasteiger partial charge in [-0.15, -0.1) is 0 Å². The molecule has 0 aromatic heterocycles. The van der Waals surface area contributed by atoms with Crippen LogP contribution < -0.4 is 5.32 Å². The fraction of sp³-hybridized carbons (Fsp3) is 0.353. The maximum absolute atomic E-state index is 12.2. The summed E-state index contributed by atoms with van der Waals surface area (Å²) in [5.74, 6) is -1.10. The molecule has 1 aliphatic carbocycles. The number of ketones is 1. The molecule has 0 bridgehead atoms. The van der Waals surface area contributed by atoms with Gasteiger partial charge in [-0.2, -0.15) is 0 Å². The normalized spacial score (nSPS) is 18.7. The molecule has 1 fully saturated rings. The lowest BCUT2D eigenvalue weighted by molar-refractivity contribution is -0.153. The van der Waals surface area contributed by atoms with Crippen molar-refractivity contribution in [3.63, 3.8) is 0 Å². The number of carbonyl (C=O) groups excluding carboxylic acids is 3. The number of amides is 1. The predicted molar refractivity (Wildman–Crippen MR) is 81.6 cm³/mol. The molecule has 116 valence electrons. The summed E-state index contributed by atoms with van der Waals surface area (Å²) in [5.41, 5.74) is 0.801. The second-order valence-corrected chi connectivity index (χ2v) is 5.26. The van der Waals surface area contributed by atoms with Gasteiger partial charge in [-0.25, -0.2) is 4.79 Å². The zero-order chi connectivity index (χ0) is 15.9. The summed E-state index contributed by atoms with van der Waals surface area (Å²) in [5, 5.41) is 2.47. The van der Waals surface area contributed by atoms with Crippen molar-refractivity contribution in [3.8, 4) is 0 Å². The van der Waals surface area contributed by atoms with E-state index in [1.54, 1.807) is 12.1 Å². The zero-order valence-corrected chi connectivity index (χ0v) is 12.5. The first-order valence-electron chi connectivity index (χ1n) is 7.34. The van der Waals surface area contributed by atoms with Gasteiger partial charge < -0.3 is 10.1 Å². The van der Waals surface area contributed by atoms with E-state index in [0.717, 1.165) is 18.4 Å². The molecule has 1 aromatic rings. The van der Waals surface area contributed by atoms with Gasteiger partial charge in [0.25, 0.3) is 0 Å². The fourth-order valence-corrected chi connectivity index (χ4v) is 2.32. The van der Waals surface area contributed by atoms with Crippen LogP contribution in [0.15, 0.2) is 36.0 Å². The van der Waals surface area contributed by atoms with Gasteiger partial charge in [-0.1, -0.05) is 30.3 Å². The lowest BCUT2D eigenvalue weighted by atomic mass is 9.96. The second-order valence-electron chi connectivity index (χ2n) is 5.26. The molecule has 22 heavy (non-hydrogen) atoms. The highest BCUT2D eigenvalue weighted by molar-refractivity contribution is 5.99. The van der Waals surface area contributed by atoms with Crippen LogP contribution in [-0.2, 0) is 19.1 Å². The van der Waals surface area contributed by atoms with E-state index < -0.39 is 12.1 Å². The minimum Gasteiger partial charge on any atom is -0.450 e. The largest absolute Gasteiger partial charge is 0.450 e. The highest BCUT2D eigenvalue weighted by Crippen LogP contribution is 2.18. The molecular weight excluding hydrogens is 282 g/mol. The van der Waals surface area contributed by atoms with Crippen molar-refractivity contribution >= 4 is 23.7 Å². The lowest BCUT2D eigenvalue weighted by Crippen LogP contribution is -2.34. The highest BCUT2D eigenvalue weighted by Gasteiger charge is 2.27. The smallest absolute Gasteiger partial charge is 0.355 e. The van der Waals surface area contributed by atoms with Crippen LogP contribution in [0.4, 0.5) is 0 Å². The first kappa shape index (κ1) is 15.9. The van der Waals surface area contributed by atoms with Crippen LogP contribution >= 0.6 is 0 Å². The minimum atomic E-state index is -0.700. The maximum Gasteiger partial charge on any atom is 0.355 e. The third-order valence-corrected chi connectivity index (χ3v) is 3.39. The monoisotopic (exact) mass is 301 g/mol. The molecule has 5 heteroatoms. The second kappa shape index (κ2) is 7.54. The van der Waals surface area contributed by atoms with Gasteiger partial charge in [0, 0.05) is 13.3 Å². The van der Waals surface area contributed by atoms with E-state index >= 15 is 0 Å². The molecule has 1 aliphatic rings. The molecule has 0 heterocycles. The van der Waals surface area contributed by atoms with Crippen LogP contribution in [0.2, 0.25) is 0 Å². The SMILES string of the molecule is CC(=O)N/C(=C\c1ccccc1)C(=O)O[C@H]1CCCCC1=O. The summed E-state index contributed by atoms with van der Waals surface area (Å²) in [6, 6.07) is 9.12. The molecule has 1 saturated carbocycles. The number of rotatable bonds is 4. The van der Waals surface area contributed by atoms with E-state index in [4.69, 9.17) is 4.74 Å². The summed E-state index contributed by atoms with van der Waals surface area (Å²) >= 11 is 0. The lowest BCUT2D eigenvalue weighted by Gasteiger charge is -2.21. The quantitative estimate of drug-likeness (QED) is 0.683. The average molecular weight is 301 g/mol. The maximum atomic E-state index is 12.2. The summed E-state index contributed by atoms with van der Waals surface area (Å²) in [7, 11) is 0. The van der Waals surface area contributed by atoms with Crippen LogP contribution in [0, 0.1) is 0 Å². The summed E-state index contributed by atoms with van der Waals surface area (Å²) in [4.78, 5) is 35.3. The Labute approximate surface area is 129 Å². The van der Waals surface area contributed by atoms with Gasteiger partial charge in [-0.05, 0) is 30.9 Å². The Balaban J connectivity index is 2.14. The third kappa shape index (κ3) is 4.55. The zero-order valence-electron chi connectivity index (χ0n) is 12.5. The standard InChI is InChI=1S/C17H19NO4/c1-12(19)18-14(11-13-7-3-2-4-8-13)17(21)22-16-10-6-5-9-15(16)20/h2-4,7-8,11,16H,5-6,9-10H2,1H3,(H,18,19)/b14-11-/t16-/m0/s1. The Morgan fingerprint density at radius 1 is 1.23 bits per heavy atom. The van der Waals surface area contributed by atoms with Gasteiger partial charge in [0.2, 0.25) is 5.91 Å². The van der Waals surface area contributed by atoms with Crippen LogP contribution in [-0.4, -0.2) is 23.8 Å². The molecule has 2 rings (SSSR count). The van der Waals surface area contributed by atoms with E-state index in [9.17, 15) is 14.4 Å². The third-order valence-electron chi connectivity index (χ3n) is 3.39. The Kier molecular flexibility index (Phi) is 5.47. The van der Waals surface area contributed by atoms with Gasteiger partial charge in [-0.3, -0.25) is 9.59 Å². The van der Waals surface area contributed by atoms with Crippen molar-refractivity contribution in [3.05, 3.63) is 41.6 Å². The summed E-state index contributed by atoms with van der Waals surface area (Å²) in [6.07, 6.45) is 3.53. The highest BCUT2D eigenvalue weighted by atomic mass is 16.5. The number of nitrogens with one attached hydrogen (secondary N) is 1. The van der Waals surface area contributed by atoms with Crippen LogP contribution in [0.5, 0.6) is 0 Å². The average Bonchev–Trinajstić information content (AvgIpc) is 2.49. The molecular formula is C17H19NO4. The van der Waals surface area contributed by atoms with E-state index in [2.05, 4.69) is 5.32 Å². The molecule has 1 atom stereocenters. The number of hydrogen-bond acceptors (Lipinski definition) is 4. The van der Waals surface area contributed by atoms with Crippen LogP contribution in [0.25, 0.3) is 6.08 Å².